The quantitative estimate of drug-likeness (QED) is 0.681. The lowest BCUT2D eigenvalue weighted by molar-refractivity contribution is 0.152. The second-order valence-corrected chi connectivity index (χ2v) is 3.58. The predicted octanol–water partition coefficient (Wildman–Crippen LogP) is 2.39. The molecule has 0 saturated heterocycles. The molecule has 0 aliphatic rings. The molecule has 0 bridgehead atoms. The number of aliphatic hydroxyl groups is 1. The van der Waals surface area contributed by atoms with Crippen LogP contribution in [0.3, 0.4) is 0 Å². The van der Waals surface area contributed by atoms with E-state index in [1.165, 1.54) is 12.1 Å². The molecule has 0 saturated carbocycles. The van der Waals surface area contributed by atoms with Crippen molar-refractivity contribution < 1.29 is 13.9 Å². The molecule has 0 heterocycles. The Balaban J connectivity index is 2.94. The molecule has 0 radical (unpaired) electrons. The molecule has 3 nitrogen and oxygen atoms in total. The Kier molecular flexibility index (Phi) is 4.49. The lowest BCUT2D eigenvalue weighted by atomic mass is 10.1. The highest BCUT2D eigenvalue weighted by Gasteiger charge is 2.15. The summed E-state index contributed by atoms with van der Waals surface area (Å²) in [5.74, 6) is 0. The molecule has 5 heteroatoms. The van der Waals surface area contributed by atoms with Gasteiger partial charge in [-0.05, 0) is 24.6 Å². The van der Waals surface area contributed by atoms with Crippen molar-refractivity contribution in [2.45, 2.75) is 25.8 Å². The Labute approximate surface area is 93.3 Å². The largest absolute Gasteiger partial charge is 0.399 e. The summed E-state index contributed by atoms with van der Waals surface area (Å²) < 4.78 is 25.4. The molecular formula is C11H16F2N2O. The van der Waals surface area contributed by atoms with E-state index in [9.17, 15) is 8.78 Å². The van der Waals surface area contributed by atoms with Gasteiger partial charge in [0.2, 0.25) is 0 Å². The van der Waals surface area contributed by atoms with Gasteiger partial charge in [0, 0.05) is 23.0 Å². The first-order chi connectivity index (χ1) is 7.58. The third-order valence-electron chi connectivity index (χ3n) is 2.38. The van der Waals surface area contributed by atoms with Crippen molar-refractivity contribution in [3.63, 3.8) is 0 Å². The maximum atomic E-state index is 12.7. The number of halogens is 2. The number of aliphatic hydroxyl groups excluding tert-OH is 1. The first-order valence-electron chi connectivity index (χ1n) is 5.13. The summed E-state index contributed by atoms with van der Waals surface area (Å²) in [7, 11) is 0. The fraction of sp³-hybridized carbons (Fsp3) is 0.455. The van der Waals surface area contributed by atoms with Gasteiger partial charge in [0.1, 0.15) is 0 Å². The van der Waals surface area contributed by atoms with E-state index in [1.807, 2.05) is 6.92 Å². The maximum absolute atomic E-state index is 12.7. The topological polar surface area (TPSA) is 58.3 Å². The summed E-state index contributed by atoms with van der Waals surface area (Å²) in [6.45, 7) is 1.77. The van der Waals surface area contributed by atoms with Gasteiger partial charge in [-0.25, -0.2) is 8.78 Å². The van der Waals surface area contributed by atoms with E-state index >= 15 is 0 Å². The number of hydrogen-bond acceptors (Lipinski definition) is 3. The highest BCUT2D eigenvalue weighted by molar-refractivity contribution is 5.59. The van der Waals surface area contributed by atoms with Crippen LogP contribution >= 0.6 is 0 Å². The van der Waals surface area contributed by atoms with Crippen LogP contribution in [0, 0.1) is 0 Å². The minimum Gasteiger partial charge on any atom is -0.399 e. The zero-order valence-electron chi connectivity index (χ0n) is 9.08. The highest BCUT2D eigenvalue weighted by Crippen LogP contribution is 2.29. The molecule has 1 rings (SSSR count). The molecule has 90 valence electrons. The number of alkyl halides is 2. The number of nitrogens with two attached hydrogens (primary N) is 1. The fourth-order valence-corrected chi connectivity index (χ4v) is 1.39. The summed E-state index contributed by atoms with van der Waals surface area (Å²) in [4.78, 5) is 0. The minimum atomic E-state index is -2.58. The molecule has 0 aromatic heterocycles. The molecule has 0 aliphatic carbocycles. The zero-order valence-corrected chi connectivity index (χ0v) is 9.08. The van der Waals surface area contributed by atoms with Crippen LogP contribution in [0.5, 0.6) is 0 Å². The average Bonchev–Trinajstić information content (AvgIpc) is 2.27. The van der Waals surface area contributed by atoms with E-state index in [0.29, 0.717) is 17.8 Å². The van der Waals surface area contributed by atoms with Crippen molar-refractivity contribution in [2.75, 3.05) is 17.7 Å². The van der Waals surface area contributed by atoms with Crippen LogP contribution in [0.15, 0.2) is 18.2 Å². The number of rotatable bonds is 5. The van der Waals surface area contributed by atoms with Gasteiger partial charge >= 0.3 is 0 Å². The Morgan fingerprint density at radius 2 is 2.12 bits per heavy atom. The first-order valence-corrected chi connectivity index (χ1v) is 5.13. The molecule has 0 spiro atoms. The summed E-state index contributed by atoms with van der Waals surface area (Å²) >= 11 is 0. The SMILES string of the molecule is CCC(CO)Nc1ccc(N)cc1C(F)F. The number of anilines is 2. The Morgan fingerprint density at radius 1 is 1.44 bits per heavy atom. The highest BCUT2D eigenvalue weighted by atomic mass is 19.3. The molecule has 0 fully saturated rings. The molecule has 0 aliphatic heterocycles. The van der Waals surface area contributed by atoms with Gasteiger partial charge in [0.25, 0.3) is 6.43 Å². The van der Waals surface area contributed by atoms with E-state index in [0.717, 1.165) is 0 Å². The zero-order chi connectivity index (χ0) is 12.1. The lowest BCUT2D eigenvalue weighted by Gasteiger charge is -2.18. The smallest absolute Gasteiger partial charge is 0.265 e. The molecule has 1 aromatic carbocycles. The summed E-state index contributed by atoms with van der Waals surface area (Å²) in [6, 6.07) is 4.09. The van der Waals surface area contributed by atoms with Gasteiger partial charge in [0.05, 0.1) is 6.61 Å². The fourth-order valence-electron chi connectivity index (χ4n) is 1.39. The van der Waals surface area contributed by atoms with Gasteiger partial charge in [-0.2, -0.15) is 0 Å². The molecular weight excluding hydrogens is 214 g/mol. The molecule has 1 unspecified atom stereocenters. The number of benzene rings is 1. The van der Waals surface area contributed by atoms with Crippen molar-refractivity contribution in [3.05, 3.63) is 23.8 Å². The van der Waals surface area contributed by atoms with E-state index in [-0.39, 0.29) is 18.2 Å². The third-order valence-corrected chi connectivity index (χ3v) is 2.38. The van der Waals surface area contributed by atoms with E-state index in [2.05, 4.69) is 5.32 Å². The van der Waals surface area contributed by atoms with Crippen molar-refractivity contribution in [2.24, 2.45) is 0 Å². The summed E-state index contributed by atoms with van der Waals surface area (Å²) in [6.07, 6.45) is -1.92. The van der Waals surface area contributed by atoms with Crippen LogP contribution < -0.4 is 11.1 Å². The van der Waals surface area contributed by atoms with Crippen LogP contribution in [0.25, 0.3) is 0 Å². The summed E-state index contributed by atoms with van der Waals surface area (Å²) in [5.41, 5.74) is 5.95. The van der Waals surface area contributed by atoms with Crippen LogP contribution in [0.2, 0.25) is 0 Å². The normalized spacial score (nSPS) is 12.8. The van der Waals surface area contributed by atoms with Crippen LogP contribution in [-0.4, -0.2) is 17.8 Å². The first kappa shape index (κ1) is 12.7. The van der Waals surface area contributed by atoms with Gasteiger partial charge in [-0.15, -0.1) is 0 Å². The number of nitrogens with one attached hydrogen (secondary N) is 1. The van der Waals surface area contributed by atoms with E-state index < -0.39 is 6.43 Å². The second-order valence-electron chi connectivity index (χ2n) is 3.58. The number of nitrogen functional groups attached to an aromatic ring is 1. The lowest BCUT2D eigenvalue weighted by Crippen LogP contribution is -2.23. The minimum absolute atomic E-state index is 0.0937. The van der Waals surface area contributed by atoms with Crippen LogP contribution in [0.1, 0.15) is 25.3 Å². The van der Waals surface area contributed by atoms with Crippen molar-refractivity contribution in [3.8, 4) is 0 Å². The Bertz CT molecular complexity index is 341. The van der Waals surface area contributed by atoms with E-state index in [4.69, 9.17) is 10.8 Å². The molecule has 4 N–H and O–H groups in total. The summed E-state index contributed by atoms with van der Waals surface area (Å²) in [5, 5.41) is 11.9. The third kappa shape index (κ3) is 3.06. The second kappa shape index (κ2) is 5.65. The monoisotopic (exact) mass is 230 g/mol. The van der Waals surface area contributed by atoms with Gasteiger partial charge in [0.15, 0.2) is 0 Å². The van der Waals surface area contributed by atoms with Gasteiger partial charge in [-0.3, -0.25) is 0 Å². The molecule has 1 aromatic rings. The van der Waals surface area contributed by atoms with E-state index in [1.54, 1.807) is 6.07 Å². The Hall–Kier alpha value is -1.36. The van der Waals surface area contributed by atoms with Crippen LogP contribution in [-0.2, 0) is 0 Å². The van der Waals surface area contributed by atoms with Crippen molar-refractivity contribution in [1.29, 1.82) is 0 Å². The maximum Gasteiger partial charge on any atom is 0.265 e. The van der Waals surface area contributed by atoms with Gasteiger partial charge in [-0.1, -0.05) is 6.92 Å². The predicted molar refractivity (Wildman–Crippen MR) is 60.6 cm³/mol. The Morgan fingerprint density at radius 3 is 2.62 bits per heavy atom. The molecule has 16 heavy (non-hydrogen) atoms. The molecule has 1 atom stereocenters. The number of hydrogen-bond donors (Lipinski definition) is 3. The average molecular weight is 230 g/mol. The van der Waals surface area contributed by atoms with Crippen LogP contribution in [0.4, 0.5) is 20.2 Å². The standard InChI is InChI=1S/C11H16F2N2O/c1-2-8(6-16)15-10-4-3-7(14)5-9(10)11(12)13/h3-5,8,11,15-16H,2,6,14H2,1H3. The van der Waals surface area contributed by atoms with Crippen molar-refractivity contribution >= 4 is 11.4 Å². The van der Waals surface area contributed by atoms with Gasteiger partial charge < -0.3 is 16.2 Å². The molecule has 0 amide bonds. The van der Waals surface area contributed by atoms with Crippen molar-refractivity contribution in [1.82, 2.24) is 0 Å².